The van der Waals surface area contributed by atoms with E-state index in [1.165, 1.54) is 17.6 Å². The van der Waals surface area contributed by atoms with E-state index in [0.29, 0.717) is 27.3 Å². The number of carbonyl (C=O) groups is 2. The molecule has 0 unspecified atom stereocenters. The number of nitrogens with one attached hydrogen (secondary N) is 1. The van der Waals surface area contributed by atoms with Crippen molar-refractivity contribution in [2.75, 3.05) is 5.32 Å². The zero-order chi connectivity index (χ0) is 23.5. The van der Waals surface area contributed by atoms with Crippen molar-refractivity contribution < 1.29 is 9.59 Å². The second-order valence-corrected chi connectivity index (χ2v) is 8.28. The second-order valence-electron chi connectivity index (χ2n) is 7.55. The summed E-state index contributed by atoms with van der Waals surface area (Å²) in [6.07, 6.45) is 1.49. The Balaban J connectivity index is 1.55. The third-order valence-electron chi connectivity index (χ3n) is 5.34. The van der Waals surface area contributed by atoms with Crippen molar-refractivity contribution in [3.63, 3.8) is 0 Å². The minimum atomic E-state index is -0.492. The Morgan fingerprint density at radius 1 is 0.882 bits per heavy atom. The van der Waals surface area contributed by atoms with Crippen LogP contribution in [0.4, 0.5) is 5.69 Å². The Hall–Kier alpha value is -4.43. The Labute approximate surface area is 199 Å². The van der Waals surface area contributed by atoms with Gasteiger partial charge in [-0.2, -0.15) is 4.37 Å². The monoisotopic (exact) mass is 465 g/mol. The first kappa shape index (κ1) is 21.4. The zero-order valence-corrected chi connectivity index (χ0v) is 19.0. The highest BCUT2D eigenvalue weighted by Crippen LogP contribution is 2.23. The van der Waals surface area contributed by atoms with Gasteiger partial charge in [0.1, 0.15) is 0 Å². The maximum Gasteiger partial charge on any atom is 0.259 e. The molecule has 0 fully saturated rings. The summed E-state index contributed by atoms with van der Waals surface area (Å²) in [7, 11) is 1.87. The van der Waals surface area contributed by atoms with Crippen molar-refractivity contribution in [1.82, 2.24) is 8.94 Å². The van der Waals surface area contributed by atoms with E-state index in [0.717, 1.165) is 11.4 Å². The van der Waals surface area contributed by atoms with Gasteiger partial charge in [-0.1, -0.05) is 72.8 Å². The lowest BCUT2D eigenvalue weighted by Gasteiger charge is -2.16. The van der Waals surface area contributed by atoms with Crippen LogP contribution in [0, 0.1) is 0 Å². The molecule has 0 radical (unpaired) electrons. The number of Topliss-reactive ketones (excluding diaryl/α,β-unsaturated/α-hetero) is 1. The summed E-state index contributed by atoms with van der Waals surface area (Å²) < 4.78 is 6.36. The molecule has 8 heteroatoms. The maximum atomic E-state index is 13.1. The highest BCUT2D eigenvalue weighted by atomic mass is 32.1. The van der Waals surface area contributed by atoms with Gasteiger partial charge in [0.25, 0.3) is 5.91 Å². The van der Waals surface area contributed by atoms with Crippen LogP contribution in [0.15, 0.2) is 107 Å². The van der Waals surface area contributed by atoms with E-state index in [1.807, 2.05) is 66.2 Å². The molecule has 0 spiro atoms. The minimum absolute atomic E-state index is 0.00940. The average molecular weight is 466 g/mol. The van der Waals surface area contributed by atoms with E-state index < -0.39 is 5.91 Å². The van der Waals surface area contributed by atoms with E-state index in [2.05, 4.69) is 19.9 Å². The third kappa shape index (κ3) is 4.14. The number of hydrogen-bond donors (Lipinski definition) is 1. The Bertz CT molecular complexity index is 1520. The third-order valence-corrected chi connectivity index (χ3v) is 6.13. The standard InChI is InChI=1S/C26H19N5O2S/c1-31-24(17-10-4-2-5-11-17)30-34-26(31)29-28-22-16-21(23(32)20-15-9-8-14-19(20)22)25(33)27-18-12-6-3-7-13-18/h2-16H,1H3,(H,27,33)/b28-22+,29-26+. The van der Waals surface area contributed by atoms with Crippen LogP contribution in [-0.2, 0) is 11.8 Å². The number of allylic oxidation sites excluding steroid dienone is 1. The number of nitrogens with zero attached hydrogens (tertiary/aromatic N) is 4. The highest BCUT2D eigenvalue weighted by molar-refractivity contribution is 7.03. The predicted molar refractivity (Wildman–Crippen MR) is 133 cm³/mol. The Morgan fingerprint density at radius 3 is 2.26 bits per heavy atom. The van der Waals surface area contributed by atoms with Gasteiger partial charge in [-0.05, 0) is 18.2 Å². The smallest absolute Gasteiger partial charge is 0.259 e. The number of para-hydroxylation sites is 1. The molecule has 166 valence electrons. The quantitative estimate of drug-likeness (QED) is 0.362. The molecule has 1 amide bonds. The molecule has 0 aliphatic heterocycles. The molecule has 1 aromatic heterocycles. The van der Waals surface area contributed by atoms with Crippen LogP contribution in [0.2, 0.25) is 0 Å². The van der Waals surface area contributed by atoms with Gasteiger partial charge < -0.3 is 9.88 Å². The second kappa shape index (κ2) is 9.21. The number of anilines is 1. The van der Waals surface area contributed by atoms with Crippen LogP contribution in [0.5, 0.6) is 0 Å². The van der Waals surface area contributed by atoms with Gasteiger partial charge in [0, 0.05) is 41.0 Å². The van der Waals surface area contributed by atoms with Gasteiger partial charge in [-0.25, -0.2) is 0 Å². The van der Waals surface area contributed by atoms with Gasteiger partial charge in [-0.15, -0.1) is 10.2 Å². The minimum Gasteiger partial charge on any atom is -0.322 e. The van der Waals surface area contributed by atoms with Crippen LogP contribution in [0.25, 0.3) is 11.4 Å². The molecule has 0 bridgehead atoms. The number of rotatable bonds is 4. The lowest BCUT2D eigenvalue weighted by Crippen LogP contribution is -2.26. The SMILES string of the molecule is Cn1c(-c2ccccc2)ns/c1=N/N=C1\C=C(C(=O)Nc2ccccc2)C(=O)c2ccccc21. The first-order chi connectivity index (χ1) is 16.6. The number of aromatic nitrogens is 2. The molecule has 7 nitrogen and oxygen atoms in total. The maximum absolute atomic E-state index is 13.1. The summed E-state index contributed by atoms with van der Waals surface area (Å²) in [5.74, 6) is -0.0620. The molecular weight excluding hydrogens is 446 g/mol. The van der Waals surface area contributed by atoms with Crippen LogP contribution < -0.4 is 10.1 Å². The predicted octanol–water partition coefficient (Wildman–Crippen LogP) is 4.22. The molecule has 0 saturated heterocycles. The van der Waals surface area contributed by atoms with Gasteiger partial charge in [0.15, 0.2) is 11.6 Å². The first-order valence-electron chi connectivity index (χ1n) is 10.5. The van der Waals surface area contributed by atoms with Gasteiger partial charge in [0.05, 0.1) is 11.3 Å². The number of hydrogen-bond acceptors (Lipinski definition) is 6. The van der Waals surface area contributed by atoms with E-state index in [9.17, 15) is 9.59 Å². The fourth-order valence-electron chi connectivity index (χ4n) is 3.61. The van der Waals surface area contributed by atoms with Crippen molar-refractivity contribution in [1.29, 1.82) is 0 Å². The van der Waals surface area contributed by atoms with Gasteiger partial charge in [0.2, 0.25) is 4.80 Å². The summed E-state index contributed by atoms with van der Waals surface area (Å²) >= 11 is 1.22. The van der Waals surface area contributed by atoms with Crippen molar-refractivity contribution in [2.24, 2.45) is 17.3 Å². The number of benzene rings is 3. The van der Waals surface area contributed by atoms with Crippen molar-refractivity contribution >= 4 is 34.6 Å². The molecule has 3 aromatic carbocycles. The molecule has 0 atom stereocenters. The molecule has 0 saturated carbocycles. The van der Waals surface area contributed by atoms with Crippen LogP contribution in [-0.4, -0.2) is 26.3 Å². The first-order valence-corrected chi connectivity index (χ1v) is 11.3. The van der Waals surface area contributed by atoms with Gasteiger partial charge in [-0.3, -0.25) is 9.59 Å². The van der Waals surface area contributed by atoms with Crippen LogP contribution in [0.1, 0.15) is 15.9 Å². The molecule has 4 aromatic rings. The van der Waals surface area contributed by atoms with Crippen molar-refractivity contribution in [2.45, 2.75) is 0 Å². The number of fused-ring (bicyclic) bond motifs is 1. The summed E-state index contributed by atoms with van der Waals surface area (Å²) in [6, 6.07) is 25.9. The molecule has 1 aliphatic rings. The highest BCUT2D eigenvalue weighted by Gasteiger charge is 2.28. The Kier molecular flexibility index (Phi) is 5.80. The van der Waals surface area contributed by atoms with Crippen molar-refractivity contribution in [3.8, 4) is 11.4 Å². The fourth-order valence-corrected chi connectivity index (χ4v) is 4.30. The van der Waals surface area contributed by atoms with E-state index >= 15 is 0 Å². The molecular formula is C26H19N5O2S. The van der Waals surface area contributed by atoms with Crippen LogP contribution in [0.3, 0.4) is 0 Å². The van der Waals surface area contributed by atoms with E-state index in [-0.39, 0.29) is 11.4 Å². The van der Waals surface area contributed by atoms with E-state index in [4.69, 9.17) is 0 Å². The van der Waals surface area contributed by atoms with Gasteiger partial charge >= 0.3 is 0 Å². The van der Waals surface area contributed by atoms with E-state index in [1.54, 1.807) is 30.3 Å². The normalized spacial score (nSPS) is 14.6. The number of ketones is 1. The lowest BCUT2D eigenvalue weighted by atomic mass is 9.88. The molecule has 1 N–H and O–H groups in total. The number of amides is 1. The molecule has 1 aliphatic carbocycles. The summed E-state index contributed by atoms with van der Waals surface area (Å²) in [4.78, 5) is 26.6. The molecule has 1 heterocycles. The Morgan fingerprint density at radius 2 is 1.53 bits per heavy atom. The zero-order valence-electron chi connectivity index (χ0n) is 18.2. The summed E-state index contributed by atoms with van der Waals surface area (Å²) in [5, 5.41) is 11.6. The fraction of sp³-hybridized carbons (Fsp3) is 0.0385. The largest absolute Gasteiger partial charge is 0.322 e. The average Bonchev–Trinajstić information content (AvgIpc) is 3.25. The van der Waals surface area contributed by atoms with Crippen molar-refractivity contribution in [3.05, 3.63) is 113 Å². The summed E-state index contributed by atoms with van der Waals surface area (Å²) in [6.45, 7) is 0. The summed E-state index contributed by atoms with van der Waals surface area (Å²) in [5.41, 5.74) is 3.06. The topological polar surface area (TPSA) is 88.7 Å². The lowest BCUT2D eigenvalue weighted by molar-refractivity contribution is -0.112. The number of carbonyl (C=O) groups excluding carboxylic acids is 2. The van der Waals surface area contributed by atoms with Crippen LogP contribution >= 0.6 is 11.5 Å². The molecule has 5 rings (SSSR count). The molecule has 34 heavy (non-hydrogen) atoms.